The average molecular weight is 461 g/mol. The second-order valence-corrected chi connectivity index (χ2v) is 7.22. The first kappa shape index (κ1) is 22.7. The van der Waals surface area contributed by atoms with E-state index in [1.165, 1.54) is 21.3 Å². The highest BCUT2D eigenvalue weighted by Gasteiger charge is 2.31. The van der Waals surface area contributed by atoms with Crippen molar-refractivity contribution in [3.8, 4) is 34.2 Å². The van der Waals surface area contributed by atoms with Crippen LogP contribution in [0.1, 0.15) is 10.5 Å². The monoisotopic (exact) mass is 461 g/mol. The Hall–Kier alpha value is -4.53. The van der Waals surface area contributed by atoms with E-state index in [2.05, 4.69) is 5.10 Å². The Morgan fingerprint density at radius 1 is 0.912 bits per heavy atom. The topological polar surface area (TPSA) is 115 Å². The van der Waals surface area contributed by atoms with E-state index >= 15 is 0 Å². The number of benzene rings is 3. The molecule has 0 unspecified atom stereocenters. The fourth-order valence-electron chi connectivity index (χ4n) is 3.79. The molecule has 1 amide bonds. The third kappa shape index (κ3) is 3.99. The zero-order valence-corrected chi connectivity index (χ0v) is 18.9. The summed E-state index contributed by atoms with van der Waals surface area (Å²) in [5, 5.41) is 6.40. The zero-order chi connectivity index (χ0) is 24.2. The van der Waals surface area contributed by atoms with E-state index in [-0.39, 0.29) is 11.4 Å². The van der Waals surface area contributed by atoms with Crippen LogP contribution in [0, 0.1) is 0 Å². The molecule has 0 bridgehead atoms. The van der Waals surface area contributed by atoms with Crippen LogP contribution >= 0.6 is 0 Å². The number of fused-ring (bicyclic) bond motifs is 1. The molecule has 174 valence electrons. The number of carbonyl (C=O) groups excluding carboxylic acids is 2. The lowest BCUT2D eigenvalue weighted by Gasteiger charge is -2.17. The molecule has 0 aliphatic rings. The summed E-state index contributed by atoms with van der Waals surface area (Å²) in [6.45, 7) is -0.476. The molecule has 34 heavy (non-hydrogen) atoms. The van der Waals surface area contributed by atoms with Gasteiger partial charge in [0.2, 0.25) is 5.69 Å². The van der Waals surface area contributed by atoms with Crippen molar-refractivity contribution in [1.29, 1.82) is 0 Å². The van der Waals surface area contributed by atoms with E-state index in [1.54, 1.807) is 22.9 Å². The van der Waals surface area contributed by atoms with Crippen molar-refractivity contribution in [3.05, 3.63) is 66.4 Å². The summed E-state index contributed by atoms with van der Waals surface area (Å²) in [5.74, 6) is -0.552. The van der Waals surface area contributed by atoms with Crippen LogP contribution in [0.25, 0.3) is 27.7 Å². The third-order valence-corrected chi connectivity index (χ3v) is 5.24. The van der Waals surface area contributed by atoms with E-state index in [4.69, 9.17) is 24.7 Å². The number of rotatable bonds is 8. The molecule has 0 saturated heterocycles. The molecule has 4 aromatic rings. The molecule has 4 rings (SSSR count). The van der Waals surface area contributed by atoms with E-state index in [9.17, 15) is 9.59 Å². The predicted octanol–water partition coefficient (Wildman–Crippen LogP) is 3.36. The van der Waals surface area contributed by atoms with E-state index < -0.39 is 18.5 Å². The van der Waals surface area contributed by atoms with Crippen LogP contribution in [0.4, 0.5) is 0 Å². The second kappa shape index (κ2) is 9.53. The molecular formula is C25H23N3O6. The Kier molecular flexibility index (Phi) is 6.35. The van der Waals surface area contributed by atoms with Gasteiger partial charge < -0.3 is 24.7 Å². The summed E-state index contributed by atoms with van der Waals surface area (Å²) >= 11 is 0. The van der Waals surface area contributed by atoms with Gasteiger partial charge in [-0.3, -0.25) is 4.79 Å². The van der Waals surface area contributed by atoms with Crippen molar-refractivity contribution in [1.82, 2.24) is 9.78 Å². The first-order chi connectivity index (χ1) is 16.5. The summed E-state index contributed by atoms with van der Waals surface area (Å²) in [6.07, 6.45) is 0. The quantitative estimate of drug-likeness (QED) is 0.400. The predicted molar refractivity (Wildman–Crippen MR) is 126 cm³/mol. The SMILES string of the molecule is COC(=O)c1nn(-c2cccc3ccccc23)c(-c2c(OC)cccc2OC)c1OCC(N)=O. The van der Waals surface area contributed by atoms with Gasteiger partial charge in [0.05, 0.1) is 32.6 Å². The Morgan fingerprint density at radius 3 is 2.21 bits per heavy atom. The average Bonchev–Trinajstić information content (AvgIpc) is 3.24. The van der Waals surface area contributed by atoms with Crippen LogP contribution in [0.15, 0.2) is 60.7 Å². The Morgan fingerprint density at radius 2 is 1.56 bits per heavy atom. The molecule has 3 aromatic carbocycles. The first-order valence-electron chi connectivity index (χ1n) is 10.3. The Balaban J connectivity index is 2.14. The first-order valence-corrected chi connectivity index (χ1v) is 10.3. The summed E-state index contributed by atoms with van der Waals surface area (Å²) in [5.41, 5.74) is 6.69. The molecule has 0 spiro atoms. The number of hydrogen-bond acceptors (Lipinski definition) is 7. The van der Waals surface area contributed by atoms with E-state index in [0.717, 1.165) is 10.8 Å². The molecule has 9 heteroatoms. The number of primary amides is 1. The summed E-state index contributed by atoms with van der Waals surface area (Å²) in [7, 11) is 4.27. The number of carbonyl (C=O) groups is 2. The highest BCUT2D eigenvalue weighted by Crippen LogP contribution is 2.46. The van der Waals surface area contributed by atoms with Gasteiger partial charge in [-0.15, -0.1) is 0 Å². The maximum absolute atomic E-state index is 12.7. The number of hydrogen-bond donors (Lipinski definition) is 1. The Bertz CT molecular complexity index is 1350. The van der Waals surface area contributed by atoms with Gasteiger partial charge in [0.15, 0.2) is 12.4 Å². The zero-order valence-electron chi connectivity index (χ0n) is 18.9. The number of amides is 1. The molecule has 0 atom stereocenters. The van der Waals surface area contributed by atoms with Crippen molar-refractivity contribution in [3.63, 3.8) is 0 Å². The number of methoxy groups -OCH3 is 3. The second-order valence-electron chi connectivity index (χ2n) is 7.22. The Labute approximate surface area is 195 Å². The molecule has 0 fully saturated rings. The van der Waals surface area contributed by atoms with Crippen LogP contribution in [0.3, 0.4) is 0 Å². The molecule has 0 radical (unpaired) electrons. The van der Waals surface area contributed by atoms with Crippen molar-refractivity contribution in [2.45, 2.75) is 0 Å². The van der Waals surface area contributed by atoms with Crippen LogP contribution in [-0.2, 0) is 9.53 Å². The maximum Gasteiger partial charge on any atom is 0.362 e. The van der Waals surface area contributed by atoms with E-state index in [0.29, 0.717) is 28.4 Å². The largest absolute Gasteiger partial charge is 0.496 e. The van der Waals surface area contributed by atoms with Crippen molar-refractivity contribution in [2.75, 3.05) is 27.9 Å². The standard InChI is InChI=1S/C25H23N3O6/c1-31-18-12-7-13-19(32-2)21(18)23-24(34-14-20(26)29)22(25(30)33-3)27-28(23)17-11-6-9-15-8-4-5-10-16(15)17/h4-13H,14H2,1-3H3,(H2,26,29). The van der Waals surface area contributed by atoms with Crippen molar-refractivity contribution in [2.24, 2.45) is 5.73 Å². The van der Waals surface area contributed by atoms with Gasteiger partial charge in [0.1, 0.15) is 17.2 Å². The van der Waals surface area contributed by atoms with Gasteiger partial charge in [-0.2, -0.15) is 5.10 Å². The minimum atomic E-state index is -0.742. The van der Waals surface area contributed by atoms with Crippen LogP contribution < -0.4 is 19.9 Å². The number of nitrogens with zero attached hydrogens (tertiary/aromatic N) is 2. The molecule has 1 heterocycles. The lowest BCUT2D eigenvalue weighted by Crippen LogP contribution is -2.21. The van der Waals surface area contributed by atoms with Crippen LogP contribution in [0.2, 0.25) is 0 Å². The van der Waals surface area contributed by atoms with Gasteiger partial charge in [-0.1, -0.05) is 42.5 Å². The number of ether oxygens (including phenoxy) is 4. The minimum absolute atomic E-state index is 0.0152. The third-order valence-electron chi connectivity index (χ3n) is 5.24. The van der Waals surface area contributed by atoms with Crippen molar-refractivity contribution < 1.29 is 28.5 Å². The summed E-state index contributed by atoms with van der Waals surface area (Å²) in [6, 6.07) is 18.7. The molecule has 0 saturated carbocycles. The molecule has 0 aliphatic heterocycles. The molecule has 2 N–H and O–H groups in total. The van der Waals surface area contributed by atoms with Crippen molar-refractivity contribution >= 4 is 22.6 Å². The number of aromatic nitrogens is 2. The van der Waals surface area contributed by atoms with Crippen LogP contribution in [0.5, 0.6) is 17.2 Å². The number of nitrogens with two attached hydrogens (primary N) is 1. The summed E-state index contributed by atoms with van der Waals surface area (Å²) in [4.78, 5) is 24.3. The highest BCUT2D eigenvalue weighted by atomic mass is 16.5. The molecule has 1 aromatic heterocycles. The van der Waals surface area contributed by atoms with Gasteiger partial charge >= 0.3 is 5.97 Å². The molecule has 0 aliphatic carbocycles. The van der Waals surface area contributed by atoms with E-state index in [1.807, 2.05) is 42.5 Å². The maximum atomic E-state index is 12.7. The van der Waals surface area contributed by atoms with Gasteiger partial charge in [0.25, 0.3) is 5.91 Å². The fraction of sp³-hybridized carbons (Fsp3) is 0.160. The highest BCUT2D eigenvalue weighted by molar-refractivity contribution is 5.97. The lowest BCUT2D eigenvalue weighted by molar-refractivity contribution is -0.119. The number of esters is 1. The fourth-order valence-corrected chi connectivity index (χ4v) is 3.79. The van der Waals surface area contributed by atoms with Crippen LogP contribution in [-0.4, -0.2) is 49.6 Å². The van der Waals surface area contributed by atoms with Gasteiger partial charge in [-0.25, -0.2) is 9.48 Å². The lowest BCUT2D eigenvalue weighted by atomic mass is 10.1. The normalized spacial score (nSPS) is 10.7. The molecule has 9 nitrogen and oxygen atoms in total. The summed E-state index contributed by atoms with van der Waals surface area (Å²) < 4.78 is 23.5. The smallest absolute Gasteiger partial charge is 0.362 e. The van der Waals surface area contributed by atoms with Gasteiger partial charge in [0, 0.05) is 5.39 Å². The minimum Gasteiger partial charge on any atom is -0.496 e. The molecular weight excluding hydrogens is 438 g/mol. The van der Waals surface area contributed by atoms with Gasteiger partial charge in [-0.05, 0) is 23.6 Å².